The van der Waals surface area contributed by atoms with Gasteiger partial charge in [-0.1, -0.05) is 13.8 Å². The van der Waals surface area contributed by atoms with Gasteiger partial charge in [0.2, 0.25) is 11.8 Å². The molecular weight excluding hydrogens is 272 g/mol. The number of likely N-dealkylation sites (N-methyl/N-ethyl adjacent to an activating group) is 1. The van der Waals surface area contributed by atoms with Gasteiger partial charge < -0.3 is 10.6 Å². The van der Waals surface area contributed by atoms with E-state index in [4.69, 9.17) is 5.73 Å². The van der Waals surface area contributed by atoms with Gasteiger partial charge in [0.1, 0.15) is 5.69 Å². The highest BCUT2D eigenvalue weighted by molar-refractivity contribution is 5.62. The molecule has 1 aromatic rings. The van der Waals surface area contributed by atoms with Crippen LogP contribution in [0.5, 0.6) is 0 Å². The normalized spacial score (nSPS) is 18.5. The molecule has 1 fully saturated rings. The lowest BCUT2D eigenvalue weighted by Gasteiger charge is -2.26. The number of nitro groups is 1. The summed E-state index contributed by atoms with van der Waals surface area (Å²) >= 11 is 0. The maximum atomic E-state index is 11.3. The second-order valence-electron chi connectivity index (χ2n) is 5.21. The number of hydrogen-bond donors (Lipinski definition) is 1. The molecule has 2 heterocycles. The van der Waals surface area contributed by atoms with Crippen molar-refractivity contribution in [2.24, 2.45) is 0 Å². The third-order valence-electron chi connectivity index (χ3n) is 4.03. The number of rotatable bonds is 5. The van der Waals surface area contributed by atoms with E-state index < -0.39 is 4.92 Å². The first-order valence-electron chi connectivity index (χ1n) is 7.25. The third kappa shape index (κ3) is 3.05. The summed E-state index contributed by atoms with van der Waals surface area (Å²) in [6.45, 7) is 9.28. The van der Waals surface area contributed by atoms with E-state index in [2.05, 4.69) is 28.7 Å². The summed E-state index contributed by atoms with van der Waals surface area (Å²) in [4.78, 5) is 23.2. The molecule has 8 nitrogen and oxygen atoms in total. The standard InChI is InChI=1S/C13H22N6O2/c1-4-17(5-2)10-6-7-18(8-10)12-11(19(20)21)9(3)15-13(14)16-12/h10H,4-8H2,1-3H3,(H2,14,15,16). The highest BCUT2D eigenvalue weighted by atomic mass is 16.6. The molecule has 0 radical (unpaired) electrons. The molecule has 0 aromatic carbocycles. The Labute approximate surface area is 124 Å². The highest BCUT2D eigenvalue weighted by Crippen LogP contribution is 2.32. The Morgan fingerprint density at radius 2 is 2.10 bits per heavy atom. The Balaban J connectivity index is 2.29. The number of nitrogens with two attached hydrogens (primary N) is 1. The van der Waals surface area contributed by atoms with E-state index in [1.165, 1.54) is 0 Å². The predicted molar refractivity (Wildman–Crippen MR) is 81.4 cm³/mol. The Kier molecular flexibility index (Phi) is 4.56. The van der Waals surface area contributed by atoms with Crippen LogP contribution in [0, 0.1) is 17.0 Å². The van der Waals surface area contributed by atoms with Crippen LogP contribution in [0.4, 0.5) is 17.5 Å². The lowest BCUT2D eigenvalue weighted by Crippen LogP contribution is -2.37. The SMILES string of the molecule is CCN(CC)C1CCN(c2nc(N)nc(C)c2[N+](=O)[O-])C1. The zero-order valence-corrected chi connectivity index (χ0v) is 12.7. The fourth-order valence-corrected chi connectivity index (χ4v) is 2.98. The first kappa shape index (κ1) is 15.4. The fraction of sp³-hybridized carbons (Fsp3) is 0.692. The average Bonchev–Trinajstić information content (AvgIpc) is 2.88. The van der Waals surface area contributed by atoms with Crippen LogP contribution in [0.2, 0.25) is 0 Å². The van der Waals surface area contributed by atoms with Crippen molar-refractivity contribution in [3.05, 3.63) is 15.8 Å². The minimum atomic E-state index is -0.422. The van der Waals surface area contributed by atoms with Gasteiger partial charge in [-0.3, -0.25) is 15.0 Å². The van der Waals surface area contributed by atoms with Crippen molar-refractivity contribution >= 4 is 17.5 Å². The number of nitrogen functional groups attached to an aromatic ring is 1. The first-order chi connectivity index (χ1) is 9.97. The van der Waals surface area contributed by atoms with Crippen molar-refractivity contribution in [2.45, 2.75) is 33.2 Å². The van der Waals surface area contributed by atoms with E-state index in [1.807, 2.05) is 4.90 Å². The molecule has 2 rings (SSSR count). The van der Waals surface area contributed by atoms with Crippen molar-refractivity contribution in [3.63, 3.8) is 0 Å². The smallest absolute Gasteiger partial charge is 0.332 e. The van der Waals surface area contributed by atoms with Gasteiger partial charge in [-0.25, -0.2) is 4.98 Å². The molecule has 0 aliphatic carbocycles. The minimum absolute atomic E-state index is 0.0376. The molecule has 1 atom stereocenters. The van der Waals surface area contributed by atoms with Gasteiger partial charge in [0.25, 0.3) is 0 Å². The maximum Gasteiger partial charge on any atom is 0.332 e. The number of hydrogen-bond acceptors (Lipinski definition) is 7. The van der Waals surface area contributed by atoms with Crippen LogP contribution in [0.3, 0.4) is 0 Å². The number of aromatic nitrogens is 2. The molecule has 21 heavy (non-hydrogen) atoms. The van der Waals surface area contributed by atoms with E-state index >= 15 is 0 Å². The van der Waals surface area contributed by atoms with E-state index in [9.17, 15) is 10.1 Å². The molecule has 0 spiro atoms. The molecule has 1 aliphatic heterocycles. The Bertz CT molecular complexity index is 532. The van der Waals surface area contributed by atoms with Gasteiger partial charge in [-0.05, 0) is 26.4 Å². The molecule has 1 saturated heterocycles. The summed E-state index contributed by atoms with van der Waals surface area (Å²) in [6.07, 6.45) is 0.974. The van der Waals surface area contributed by atoms with Crippen LogP contribution in [-0.2, 0) is 0 Å². The molecule has 2 N–H and O–H groups in total. The molecule has 8 heteroatoms. The van der Waals surface area contributed by atoms with E-state index in [0.717, 1.165) is 32.6 Å². The maximum absolute atomic E-state index is 11.3. The van der Waals surface area contributed by atoms with Gasteiger partial charge in [0, 0.05) is 19.1 Å². The van der Waals surface area contributed by atoms with Gasteiger partial charge in [-0.2, -0.15) is 4.98 Å². The van der Waals surface area contributed by atoms with Gasteiger partial charge >= 0.3 is 5.69 Å². The van der Waals surface area contributed by atoms with Crippen LogP contribution < -0.4 is 10.6 Å². The Morgan fingerprint density at radius 1 is 1.43 bits per heavy atom. The largest absolute Gasteiger partial charge is 0.368 e. The van der Waals surface area contributed by atoms with Crippen LogP contribution in [0.25, 0.3) is 0 Å². The lowest BCUT2D eigenvalue weighted by molar-refractivity contribution is -0.385. The molecule has 116 valence electrons. The van der Waals surface area contributed by atoms with Crippen LogP contribution in [0.15, 0.2) is 0 Å². The lowest BCUT2D eigenvalue weighted by atomic mass is 10.2. The van der Waals surface area contributed by atoms with E-state index in [-0.39, 0.29) is 11.6 Å². The highest BCUT2D eigenvalue weighted by Gasteiger charge is 2.32. The molecule has 1 unspecified atom stereocenters. The van der Waals surface area contributed by atoms with E-state index in [0.29, 0.717) is 17.6 Å². The second-order valence-corrected chi connectivity index (χ2v) is 5.21. The quantitative estimate of drug-likeness (QED) is 0.643. The number of anilines is 2. The van der Waals surface area contributed by atoms with Crippen LogP contribution >= 0.6 is 0 Å². The Morgan fingerprint density at radius 3 is 2.67 bits per heavy atom. The van der Waals surface area contributed by atoms with Crippen LogP contribution in [-0.4, -0.2) is 52.0 Å². The summed E-state index contributed by atoms with van der Waals surface area (Å²) in [5, 5.41) is 11.3. The van der Waals surface area contributed by atoms with Gasteiger partial charge in [0.15, 0.2) is 0 Å². The molecule has 1 aromatic heterocycles. The van der Waals surface area contributed by atoms with Gasteiger partial charge in [-0.15, -0.1) is 0 Å². The van der Waals surface area contributed by atoms with Crippen molar-refractivity contribution in [1.29, 1.82) is 0 Å². The molecular formula is C13H22N6O2. The summed E-state index contributed by atoms with van der Waals surface area (Å²) in [5.74, 6) is 0.430. The summed E-state index contributed by atoms with van der Waals surface area (Å²) in [6, 6.07) is 0.399. The molecule has 0 bridgehead atoms. The molecule has 0 amide bonds. The molecule has 1 aliphatic rings. The Hall–Kier alpha value is -1.96. The van der Waals surface area contributed by atoms with E-state index in [1.54, 1.807) is 6.92 Å². The van der Waals surface area contributed by atoms with Crippen molar-refractivity contribution in [2.75, 3.05) is 36.8 Å². The fourth-order valence-electron chi connectivity index (χ4n) is 2.98. The monoisotopic (exact) mass is 294 g/mol. The summed E-state index contributed by atoms with van der Waals surface area (Å²) in [7, 11) is 0. The number of nitrogens with zero attached hydrogens (tertiary/aromatic N) is 5. The van der Waals surface area contributed by atoms with Crippen LogP contribution in [0.1, 0.15) is 26.0 Å². The second kappa shape index (κ2) is 6.21. The van der Waals surface area contributed by atoms with Crippen molar-refractivity contribution < 1.29 is 4.92 Å². The molecule has 0 saturated carbocycles. The summed E-state index contributed by atoms with van der Waals surface area (Å²) < 4.78 is 0. The average molecular weight is 294 g/mol. The van der Waals surface area contributed by atoms with Crippen molar-refractivity contribution in [3.8, 4) is 0 Å². The zero-order valence-electron chi connectivity index (χ0n) is 12.7. The topological polar surface area (TPSA) is 101 Å². The third-order valence-corrected chi connectivity index (χ3v) is 4.03. The predicted octanol–water partition coefficient (Wildman–Crippen LogP) is 1.20. The van der Waals surface area contributed by atoms with Gasteiger partial charge in [0.05, 0.1) is 4.92 Å². The first-order valence-corrected chi connectivity index (χ1v) is 7.25. The van der Waals surface area contributed by atoms with Crippen molar-refractivity contribution in [1.82, 2.24) is 14.9 Å². The number of aryl methyl sites for hydroxylation is 1. The minimum Gasteiger partial charge on any atom is -0.368 e. The zero-order chi connectivity index (χ0) is 15.6. The summed E-state index contributed by atoms with van der Waals surface area (Å²) in [5.41, 5.74) is 5.94.